The highest BCUT2D eigenvalue weighted by Crippen LogP contribution is 2.28. The Morgan fingerprint density at radius 2 is 1.70 bits per heavy atom. The first-order valence-corrected chi connectivity index (χ1v) is 11.2. The molecule has 2 heterocycles. The average molecular weight is 408 g/mol. The second-order valence-electron chi connectivity index (χ2n) is 8.58. The first-order valence-electron chi connectivity index (χ1n) is 11.2. The quantitative estimate of drug-likeness (QED) is 0.741. The van der Waals surface area contributed by atoms with Crippen molar-refractivity contribution in [1.82, 2.24) is 10.2 Å². The van der Waals surface area contributed by atoms with Crippen LogP contribution in [0.3, 0.4) is 0 Å². The van der Waals surface area contributed by atoms with Gasteiger partial charge in [-0.1, -0.05) is 30.3 Å². The maximum atomic E-state index is 12.0. The van der Waals surface area contributed by atoms with Crippen LogP contribution in [-0.2, 0) is 6.42 Å². The number of likely N-dealkylation sites (tertiary alicyclic amines) is 1. The van der Waals surface area contributed by atoms with Crippen molar-refractivity contribution in [3.05, 3.63) is 65.7 Å². The van der Waals surface area contributed by atoms with Crippen molar-refractivity contribution < 1.29 is 9.90 Å². The minimum Gasteiger partial charge on any atom is -0.395 e. The van der Waals surface area contributed by atoms with Gasteiger partial charge in [0.2, 0.25) is 0 Å². The van der Waals surface area contributed by atoms with Gasteiger partial charge in [-0.05, 0) is 68.0 Å². The van der Waals surface area contributed by atoms with Crippen LogP contribution in [0, 0.1) is 5.92 Å². The molecule has 0 spiro atoms. The topological polar surface area (TPSA) is 55.8 Å². The maximum absolute atomic E-state index is 12.0. The Morgan fingerprint density at radius 1 is 0.967 bits per heavy atom. The van der Waals surface area contributed by atoms with E-state index in [0.29, 0.717) is 24.1 Å². The molecule has 2 saturated heterocycles. The number of aliphatic hydroxyl groups excluding tert-OH is 1. The minimum atomic E-state index is -0.121. The maximum Gasteiger partial charge on any atom is 0.251 e. The lowest BCUT2D eigenvalue weighted by Crippen LogP contribution is -2.44. The van der Waals surface area contributed by atoms with Gasteiger partial charge in [0.05, 0.1) is 6.61 Å². The van der Waals surface area contributed by atoms with Crippen LogP contribution in [0.4, 0.5) is 5.69 Å². The normalized spacial score (nSPS) is 20.4. The molecule has 0 saturated carbocycles. The van der Waals surface area contributed by atoms with E-state index in [1.807, 2.05) is 12.1 Å². The predicted molar refractivity (Wildman–Crippen MR) is 121 cm³/mol. The molecule has 5 nitrogen and oxygen atoms in total. The third kappa shape index (κ3) is 5.21. The first kappa shape index (κ1) is 20.9. The highest BCUT2D eigenvalue weighted by molar-refractivity contribution is 5.94. The summed E-state index contributed by atoms with van der Waals surface area (Å²) >= 11 is 0. The molecule has 160 valence electrons. The summed E-state index contributed by atoms with van der Waals surface area (Å²) in [4.78, 5) is 17.2. The fourth-order valence-corrected chi connectivity index (χ4v) is 4.89. The van der Waals surface area contributed by atoms with Gasteiger partial charge in [-0.25, -0.2) is 0 Å². The lowest BCUT2D eigenvalue weighted by molar-refractivity contribution is 0.0945. The van der Waals surface area contributed by atoms with Gasteiger partial charge in [-0.15, -0.1) is 0 Å². The summed E-state index contributed by atoms with van der Waals surface area (Å²) in [6, 6.07) is 19.4. The number of para-hydroxylation sites is 1. The molecule has 2 fully saturated rings. The van der Waals surface area contributed by atoms with Crippen LogP contribution < -0.4 is 10.2 Å². The van der Waals surface area contributed by atoms with Gasteiger partial charge in [0, 0.05) is 43.5 Å². The lowest BCUT2D eigenvalue weighted by Gasteiger charge is -2.38. The van der Waals surface area contributed by atoms with E-state index in [2.05, 4.69) is 57.6 Å². The predicted octanol–water partition coefficient (Wildman–Crippen LogP) is 2.94. The summed E-state index contributed by atoms with van der Waals surface area (Å²) in [6.07, 6.45) is 4.84. The summed E-state index contributed by atoms with van der Waals surface area (Å²) in [5.41, 5.74) is 3.31. The molecule has 1 amide bonds. The summed E-state index contributed by atoms with van der Waals surface area (Å²) < 4.78 is 0. The molecular weight excluding hydrogens is 374 g/mol. The van der Waals surface area contributed by atoms with Crippen molar-refractivity contribution in [3.8, 4) is 0 Å². The summed E-state index contributed by atoms with van der Waals surface area (Å²) in [6.45, 7) is 4.96. The number of hydrogen-bond donors (Lipinski definition) is 2. The van der Waals surface area contributed by atoms with Crippen molar-refractivity contribution in [2.24, 2.45) is 5.92 Å². The third-order valence-corrected chi connectivity index (χ3v) is 6.56. The van der Waals surface area contributed by atoms with Crippen molar-refractivity contribution in [1.29, 1.82) is 0 Å². The zero-order valence-corrected chi connectivity index (χ0v) is 17.7. The highest BCUT2D eigenvalue weighted by atomic mass is 16.3. The van der Waals surface area contributed by atoms with Crippen molar-refractivity contribution in [2.45, 2.75) is 31.7 Å². The van der Waals surface area contributed by atoms with Crippen molar-refractivity contribution in [3.63, 3.8) is 0 Å². The molecule has 0 radical (unpaired) electrons. The van der Waals surface area contributed by atoms with E-state index in [1.165, 1.54) is 43.6 Å². The molecule has 4 rings (SSSR count). The first-order chi connectivity index (χ1) is 14.7. The van der Waals surface area contributed by atoms with Crippen LogP contribution in [0.1, 0.15) is 35.2 Å². The van der Waals surface area contributed by atoms with Crippen LogP contribution >= 0.6 is 0 Å². The molecule has 1 unspecified atom stereocenters. The molecule has 5 heteroatoms. The number of piperidine rings is 1. The summed E-state index contributed by atoms with van der Waals surface area (Å²) in [5, 5.41) is 11.5. The van der Waals surface area contributed by atoms with Gasteiger partial charge in [0.25, 0.3) is 5.91 Å². The molecule has 2 aliphatic rings. The number of hydrogen-bond acceptors (Lipinski definition) is 4. The fourth-order valence-electron chi connectivity index (χ4n) is 4.89. The number of rotatable bonds is 7. The van der Waals surface area contributed by atoms with Gasteiger partial charge in [0.1, 0.15) is 0 Å². The van der Waals surface area contributed by atoms with E-state index in [9.17, 15) is 4.79 Å². The van der Waals surface area contributed by atoms with Gasteiger partial charge in [-0.3, -0.25) is 9.69 Å². The number of anilines is 1. The van der Waals surface area contributed by atoms with E-state index in [1.54, 1.807) is 0 Å². The fraction of sp³-hybridized carbons (Fsp3) is 0.480. The van der Waals surface area contributed by atoms with Gasteiger partial charge in [0.15, 0.2) is 0 Å². The van der Waals surface area contributed by atoms with E-state index in [4.69, 9.17) is 5.11 Å². The Labute approximate surface area is 179 Å². The van der Waals surface area contributed by atoms with Gasteiger partial charge >= 0.3 is 0 Å². The smallest absolute Gasteiger partial charge is 0.251 e. The van der Waals surface area contributed by atoms with E-state index in [0.717, 1.165) is 19.5 Å². The zero-order chi connectivity index (χ0) is 20.8. The molecule has 0 aliphatic carbocycles. The summed E-state index contributed by atoms with van der Waals surface area (Å²) in [5.74, 6) is 0.579. The van der Waals surface area contributed by atoms with Gasteiger partial charge < -0.3 is 15.3 Å². The second kappa shape index (κ2) is 10.1. The van der Waals surface area contributed by atoms with Crippen LogP contribution in [0.2, 0.25) is 0 Å². The lowest BCUT2D eigenvalue weighted by atomic mass is 9.97. The second-order valence-corrected chi connectivity index (χ2v) is 8.58. The van der Waals surface area contributed by atoms with Crippen LogP contribution in [0.5, 0.6) is 0 Å². The zero-order valence-electron chi connectivity index (χ0n) is 17.7. The van der Waals surface area contributed by atoms with E-state index >= 15 is 0 Å². The van der Waals surface area contributed by atoms with E-state index in [-0.39, 0.29) is 12.5 Å². The molecule has 2 aliphatic heterocycles. The number of carbonyl (C=O) groups is 1. The highest BCUT2D eigenvalue weighted by Gasteiger charge is 2.30. The third-order valence-electron chi connectivity index (χ3n) is 6.56. The molecule has 2 aromatic rings. The number of amides is 1. The molecule has 0 bridgehead atoms. The van der Waals surface area contributed by atoms with Crippen LogP contribution in [0.15, 0.2) is 54.6 Å². The van der Waals surface area contributed by atoms with Gasteiger partial charge in [-0.2, -0.15) is 0 Å². The molecule has 2 aromatic carbocycles. The van der Waals surface area contributed by atoms with Crippen LogP contribution in [0.25, 0.3) is 0 Å². The van der Waals surface area contributed by atoms with Crippen molar-refractivity contribution in [2.75, 3.05) is 44.2 Å². The number of benzene rings is 2. The molecule has 2 N–H and O–H groups in total. The monoisotopic (exact) mass is 407 g/mol. The average Bonchev–Trinajstić information content (AvgIpc) is 3.27. The van der Waals surface area contributed by atoms with Crippen molar-refractivity contribution >= 4 is 11.6 Å². The molecule has 1 atom stereocenters. The Balaban J connectivity index is 1.24. The Kier molecular flexibility index (Phi) is 7.03. The Bertz CT molecular complexity index is 801. The number of nitrogens with one attached hydrogen (secondary N) is 1. The summed E-state index contributed by atoms with van der Waals surface area (Å²) in [7, 11) is 0. The molecule has 30 heavy (non-hydrogen) atoms. The molecule has 0 aromatic heterocycles. The SMILES string of the molecule is O=C(NCCO)c1ccc(CC2CCN(C3CCN(c4ccccc4)CC3)C2)cc1. The number of carbonyl (C=O) groups excluding carboxylic acids is 1. The number of aliphatic hydroxyl groups is 1. The number of nitrogens with zero attached hydrogens (tertiary/aromatic N) is 2. The largest absolute Gasteiger partial charge is 0.395 e. The standard InChI is InChI=1S/C25H33N3O2/c29-17-13-26-25(30)22-8-6-20(7-9-22)18-21-10-14-28(19-21)24-11-15-27(16-12-24)23-4-2-1-3-5-23/h1-9,21,24,29H,10-19H2,(H,26,30). The van der Waals surface area contributed by atoms with E-state index < -0.39 is 0 Å². The minimum absolute atomic E-state index is 0.0344. The Hall–Kier alpha value is -2.37. The molecular formula is C25H33N3O2. The Morgan fingerprint density at radius 3 is 2.40 bits per heavy atom. The van der Waals surface area contributed by atoms with Crippen LogP contribution in [-0.4, -0.2) is 61.3 Å².